The fraction of sp³-hybridized carbons (Fsp3) is 0.534. The van der Waals surface area contributed by atoms with Crippen molar-refractivity contribution >= 4 is 93.3 Å². The molecule has 1 saturated heterocycles. The number of Topliss-reactive ketones (excluding diaryl/α,β-unsaturated/α-hetero) is 1. The number of rotatable bonds is 31. The second-order valence-corrected chi connectivity index (χ2v) is 22.2. The Bertz CT molecular complexity index is 2800. The van der Waals surface area contributed by atoms with Crippen molar-refractivity contribution in [1.82, 2.24) is 40.9 Å². The first-order valence-electron chi connectivity index (χ1n) is 28.4. The van der Waals surface area contributed by atoms with Crippen molar-refractivity contribution in [2.45, 2.75) is 95.2 Å². The zero-order chi connectivity index (χ0) is 62.0. The number of urea groups is 1. The maximum atomic E-state index is 14.0. The van der Waals surface area contributed by atoms with Crippen LogP contribution in [0.4, 0.5) is 10.5 Å². The van der Waals surface area contributed by atoms with Crippen LogP contribution in [0.2, 0.25) is 0 Å². The number of nitrogens with one attached hydrogen (secondary N) is 5. The molecule has 3 amide bonds. The highest BCUT2D eigenvalue weighted by Crippen LogP contribution is 2.31. The van der Waals surface area contributed by atoms with E-state index in [4.69, 9.17) is 17.3 Å². The standard InChI is InChI=1S/C58H79N9O17S/c68-48(30-43(28-39-10-13-40-5-1-2-6-42(40)27-39)54(79)59-20-4-3-7-46(55(80)81)62-57(84)63-47(56(82)83)18-19-49(69)70)41-14-8-38(9-15-41)31-60-58(85)61-44-16-11-37(12-17-44)29-45-32-66(35-52(75)76)24-23-64(33-50(71)72)21-22-65(34-51(73)74)25-26-67(45)36-53(77)78/h1-2,5-6,10-13,16-17,27,38,41,43,45-47H,3-4,7-9,14-15,18-26,28-36H2,(H,59,79)(H,69,70)(H,71,72)(H,73,74)(H,75,76)(H,77,78)(H,80,81)(H,82,83)(H2,60,61,85)(H2,62,63,84)/t38?,41?,43-,45?,46+,47+/m1/s1. The van der Waals surface area contributed by atoms with Crippen molar-refractivity contribution in [3.8, 4) is 0 Å². The summed E-state index contributed by atoms with van der Waals surface area (Å²) in [5.74, 6) is -9.59. The molecule has 3 aromatic rings. The fourth-order valence-corrected chi connectivity index (χ4v) is 10.9. The van der Waals surface area contributed by atoms with Gasteiger partial charge in [-0.15, -0.1) is 0 Å². The quantitative estimate of drug-likeness (QED) is 0.0325. The molecule has 1 heterocycles. The second-order valence-electron chi connectivity index (χ2n) is 21.8. The Morgan fingerprint density at radius 2 is 1.13 bits per heavy atom. The lowest BCUT2D eigenvalue weighted by Crippen LogP contribution is -2.53. The predicted octanol–water partition coefficient (Wildman–Crippen LogP) is 2.58. The lowest BCUT2D eigenvalue weighted by Gasteiger charge is -2.37. The molecular formula is C58H79N9O17S. The Morgan fingerprint density at radius 3 is 1.72 bits per heavy atom. The predicted molar refractivity (Wildman–Crippen MR) is 314 cm³/mol. The first-order valence-corrected chi connectivity index (χ1v) is 28.9. The summed E-state index contributed by atoms with van der Waals surface area (Å²) in [6.45, 7) is 0.478. The second kappa shape index (κ2) is 34.8. The molecule has 0 aromatic heterocycles. The maximum Gasteiger partial charge on any atom is 0.326 e. The van der Waals surface area contributed by atoms with Gasteiger partial charge in [-0.25, -0.2) is 14.4 Å². The maximum absolute atomic E-state index is 14.0. The number of amides is 3. The average molecular weight is 1210 g/mol. The number of thiocarbonyl (C=S) groups is 1. The number of fused-ring (bicyclic) bond motifs is 1. The molecule has 1 unspecified atom stereocenters. The molecule has 85 heavy (non-hydrogen) atoms. The molecule has 0 bridgehead atoms. The summed E-state index contributed by atoms with van der Waals surface area (Å²) in [7, 11) is 0. The van der Waals surface area contributed by atoms with Crippen LogP contribution >= 0.6 is 12.2 Å². The molecule has 12 N–H and O–H groups in total. The summed E-state index contributed by atoms with van der Waals surface area (Å²) in [6.07, 6.45) is 2.92. The Labute approximate surface area is 497 Å². The van der Waals surface area contributed by atoms with Gasteiger partial charge in [0, 0.05) is 95.3 Å². The van der Waals surface area contributed by atoms with Crippen molar-refractivity contribution in [3.05, 3.63) is 77.9 Å². The number of hydrogen-bond acceptors (Lipinski definition) is 15. The van der Waals surface area contributed by atoms with E-state index in [0.717, 1.165) is 34.7 Å². The number of carboxylic acids is 7. The third kappa shape index (κ3) is 25.1. The normalized spacial score (nSPS) is 18.7. The van der Waals surface area contributed by atoms with Crippen molar-refractivity contribution in [3.63, 3.8) is 0 Å². The minimum atomic E-state index is -1.55. The lowest BCUT2D eigenvalue weighted by molar-refractivity contribution is -0.142. The molecule has 0 spiro atoms. The topological polar surface area (TPSA) is 385 Å². The van der Waals surface area contributed by atoms with Gasteiger partial charge in [-0.3, -0.25) is 53.2 Å². The highest BCUT2D eigenvalue weighted by atomic mass is 32.1. The number of aliphatic carboxylic acids is 7. The third-order valence-corrected chi connectivity index (χ3v) is 15.5. The van der Waals surface area contributed by atoms with Crippen LogP contribution in [0, 0.1) is 17.8 Å². The lowest BCUT2D eigenvalue weighted by atomic mass is 9.77. The van der Waals surface area contributed by atoms with Gasteiger partial charge in [0.1, 0.15) is 17.9 Å². The largest absolute Gasteiger partial charge is 0.481 e. The SMILES string of the molecule is O=C(O)CC[C@H](NC(=O)N[C@@H](CCCCNC(=O)[C@@H](CC(=O)C1CCC(CNC(=S)Nc2ccc(CC3CN(CC(=O)O)CCN(CC(=O)O)CCN(CC(=O)O)CCN3CC(=O)O)cc2)CC1)Cc1ccc2ccccc2c1)C(=O)O)C(=O)O. The zero-order valence-electron chi connectivity index (χ0n) is 47.4. The molecule has 3 aromatic carbocycles. The molecule has 1 saturated carbocycles. The van der Waals surface area contributed by atoms with Crippen LogP contribution in [0.3, 0.4) is 0 Å². The van der Waals surface area contributed by atoms with Crippen LogP contribution in [0.5, 0.6) is 0 Å². The summed E-state index contributed by atoms with van der Waals surface area (Å²) in [6, 6.07) is 16.5. The smallest absolute Gasteiger partial charge is 0.326 e. The van der Waals surface area contributed by atoms with Gasteiger partial charge in [-0.1, -0.05) is 54.6 Å². The van der Waals surface area contributed by atoms with Gasteiger partial charge >= 0.3 is 47.8 Å². The molecule has 1 aliphatic heterocycles. The van der Waals surface area contributed by atoms with E-state index in [1.165, 1.54) is 0 Å². The Kier molecular flexibility index (Phi) is 27.8. The van der Waals surface area contributed by atoms with E-state index in [-0.39, 0.29) is 121 Å². The summed E-state index contributed by atoms with van der Waals surface area (Å²) in [5.41, 5.74) is 2.36. The number of ketones is 1. The van der Waals surface area contributed by atoms with E-state index >= 15 is 0 Å². The minimum Gasteiger partial charge on any atom is -0.481 e. The van der Waals surface area contributed by atoms with Gasteiger partial charge in [-0.05, 0) is 116 Å². The van der Waals surface area contributed by atoms with Crippen molar-refractivity contribution in [2.75, 3.05) is 90.4 Å². The van der Waals surface area contributed by atoms with E-state index in [1.54, 1.807) is 19.6 Å². The highest BCUT2D eigenvalue weighted by Gasteiger charge is 2.32. The molecule has 464 valence electrons. The van der Waals surface area contributed by atoms with E-state index in [2.05, 4.69) is 26.6 Å². The first kappa shape index (κ1) is 67.9. The molecule has 26 nitrogen and oxygen atoms in total. The molecule has 4 atom stereocenters. The number of carboxylic acid groups (broad SMARTS) is 7. The molecular weight excluding hydrogens is 1130 g/mol. The third-order valence-electron chi connectivity index (χ3n) is 15.3. The number of unbranched alkanes of at least 4 members (excludes halogenated alkanes) is 1. The van der Waals surface area contributed by atoms with Crippen LogP contribution in [0.15, 0.2) is 66.7 Å². The number of nitrogens with zero attached hydrogens (tertiary/aromatic N) is 4. The van der Waals surface area contributed by atoms with Crippen molar-refractivity contribution < 1.29 is 83.7 Å². The fourth-order valence-electron chi connectivity index (χ4n) is 10.7. The van der Waals surface area contributed by atoms with E-state index in [1.807, 2.05) is 66.7 Å². The molecule has 2 aliphatic rings. The molecule has 2 fully saturated rings. The number of anilines is 1. The molecule has 27 heteroatoms. The van der Waals surface area contributed by atoms with Crippen LogP contribution in [-0.2, 0) is 56.0 Å². The monoisotopic (exact) mass is 1210 g/mol. The van der Waals surface area contributed by atoms with Crippen LogP contribution in [0.1, 0.15) is 75.3 Å². The van der Waals surface area contributed by atoms with E-state index < -0.39 is 84.7 Å². The Hall–Kier alpha value is -7.85. The van der Waals surface area contributed by atoms with Crippen molar-refractivity contribution in [2.24, 2.45) is 17.8 Å². The summed E-state index contributed by atoms with van der Waals surface area (Å²) < 4.78 is 0. The van der Waals surface area contributed by atoms with Gasteiger partial charge in [-0.2, -0.15) is 0 Å². The van der Waals surface area contributed by atoms with Gasteiger partial charge in [0.05, 0.1) is 26.2 Å². The summed E-state index contributed by atoms with van der Waals surface area (Å²) >= 11 is 5.66. The summed E-state index contributed by atoms with van der Waals surface area (Å²) in [4.78, 5) is 129. The molecule has 0 radical (unpaired) electrons. The van der Waals surface area contributed by atoms with Crippen LogP contribution < -0.4 is 26.6 Å². The van der Waals surface area contributed by atoms with E-state index in [9.17, 15) is 78.6 Å². The number of benzene rings is 3. The van der Waals surface area contributed by atoms with Gasteiger partial charge in [0.15, 0.2) is 5.11 Å². The first-order chi connectivity index (χ1) is 40.5. The molecule has 5 rings (SSSR count). The van der Waals surface area contributed by atoms with Gasteiger partial charge in [0.25, 0.3) is 0 Å². The van der Waals surface area contributed by atoms with E-state index in [0.29, 0.717) is 49.4 Å². The Morgan fingerprint density at radius 1 is 0.576 bits per heavy atom. The van der Waals surface area contributed by atoms with Crippen LogP contribution in [0.25, 0.3) is 10.8 Å². The highest BCUT2D eigenvalue weighted by molar-refractivity contribution is 7.80. The number of carbonyl (C=O) groups is 10. The Balaban J connectivity index is 1.13. The number of carbonyl (C=O) groups excluding carboxylic acids is 3. The van der Waals surface area contributed by atoms with Gasteiger partial charge in [0.2, 0.25) is 5.91 Å². The van der Waals surface area contributed by atoms with Crippen molar-refractivity contribution in [1.29, 1.82) is 0 Å². The molecule has 1 aliphatic carbocycles. The zero-order valence-corrected chi connectivity index (χ0v) is 48.2. The number of hydrogen-bond donors (Lipinski definition) is 12. The minimum absolute atomic E-state index is 0.00968. The summed E-state index contributed by atoms with van der Waals surface area (Å²) in [5, 5.41) is 83.0. The van der Waals surface area contributed by atoms with Gasteiger partial charge < -0.3 is 62.3 Å². The average Bonchev–Trinajstić information content (AvgIpc) is 3.63. The van der Waals surface area contributed by atoms with Crippen LogP contribution in [-0.4, -0.2) is 223 Å².